The van der Waals surface area contributed by atoms with Crippen molar-refractivity contribution in [2.75, 3.05) is 13.7 Å². The number of aryl methyl sites for hydroxylation is 1. The van der Waals surface area contributed by atoms with E-state index >= 15 is 0 Å². The molecule has 1 fully saturated rings. The number of carbonyl (C=O) groups is 1. The number of likely N-dealkylation sites (tertiary alicyclic amines) is 1. The van der Waals surface area contributed by atoms with Gasteiger partial charge in [-0.05, 0) is 36.4 Å². The van der Waals surface area contributed by atoms with E-state index in [0.29, 0.717) is 11.3 Å². The van der Waals surface area contributed by atoms with Gasteiger partial charge in [-0.2, -0.15) is 0 Å². The number of nitrogens with zero attached hydrogens (tertiary/aromatic N) is 1. The van der Waals surface area contributed by atoms with Gasteiger partial charge >= 0.3 is 0 Å². The zero-order valence-corrected chi connectivity index (χ0v) is 12.4. The lowest BCUT2D eigenvalue weighted by Gasteiger charge is -2.41. The molecule has 2 aromatic rings. The summed E-state index contributed by atoms with van der Waals surface area (Å²) in [6, 6.07) is 10.1. The number of ether oxygens (including phenoxy) is 1. The van der Waals surface area contributed by atoms with E-state index in [1.165, 1.54) is 4.88 Å². The molecule has 1 aromatic carbocycles. The minimum absolute atomic E-state index is 0.0737. The number of hydrogen-bond acceptors (Lipinski definition) is 3. The SMILES string of the molecule is COc1cccc(C)c1C(=O)N1CCC1c1cccs1. The van der Waals surface area contributed by atoms with E-state index in [9.17, 15) is 4.79 Å². The van der Waals surface area contributed by atoms with Crippen molar-refractivity contribution in [2.24, 2.45) is 0 Å². The second-order valence-corrected chi connectivity index (χ2v) is 5.95. The van der Waals surface area contributed by atoms with Gasteiger partial charge in [-0.25, -0.2) is 0 Å². The zero-order chi connectivity index (χ0) is 14.1. The van der Waals surface area contributed by atoms with Crippen LogP contribution in [-0.2, 0) is 0 Å². The molecule has 1 unspecified atom stereocenters. The molecule has 20 heavy (non-hydrogen) atoms. The minimum atomic E-state index is 0.0737. The average Bonchev–Trinajstić information content (AvgIpc) is 2.90. The highest BCUT2D eigenvalue weighted by atomic mass is 32.1. The molecule has 0 saturated carbocycles. The maximum Gasteiger partial charge on any atom is 0.258 e. The summed E-state index contributed by atoms with van der Waals surface area (Å²) in [6.07, 6.45) is 1.04. The summed E-state index contributed by atoms with van der Waals surface area (Å²) in [5, 5.41) is 2.06. The van der Waals surface area contributed by atoms with Crippen molar-refractivity contribution in [1.82, 2.24) is 4.90 Å². The van der Waals surface area contributed by atoms with Crippen LogP contribution in [0.15, 0.2) is 35.7 Å². The van der Waals surface area contributed by atoms with Crippen LogP contribution in [0.4, 0.5) is 0 Å². The van der Waals surface area contributed by atoms with E-state index < -0.39 is 0 Å². The molecule has 3 nitrogen and oxygen atoms in total. The quantitative estimate of drug-likeness (QED) is 0.862. The van der Waals surface area contributed by atoms with Gasteiger partial charge in [0.25, 0.3) is 5.91 Å². The van der Waals surface area contributed by atoms with Gasteiger partial charge in [-0.3, -0.25) is 4.79 Å². The van der Waals surface area contributed by atoms with Crippen LogP contribution in [0.5, 0.6) is 5.75 Å². The van der Waals surface area contributed by atoms with Crippen LogP contribution >= 0.6 is 11.3 Å². The van der Waals surface area contributed by atoms with Crippen molar-refractivity contribution in [2.45, 2.75) is 19.4 Å². The molecule has 0 radical (unpaired) electrons. The molecule has 104 valence electrons. The van der Waals surface area contributed by atoms with Gasteiger partial charge in [-0.15, -0.1) is 11.3 Å². The first-order chi connectivity index (χ1) is 9.72. The molecule has 1 aromatic heterocycles. The third-order valence-corrected chi connectivity index (χ3v) is 4.79. The fourth-order valence-electron chi connectivity index (χ4n) is 2.64. The maximum atomic E-state index is 12.8. The fraction of sp³-hybridized carbons (Fsp3) is 0.312. The molecular formula is C16H17NO2S. The van der Waals surface area contributed by atoms with Crippen molar-refractivity contribution < 1.29 is 9.53 Å². The highest BCUT2D eigenvalue weighted by Crippen LogP contribution is 2.38. The normalized spacial score (nSPS) is 17.7. The number of methoxy groups -OCH3 is 1. The first-order valence-corrected chi connectivity index (χ1v) is 7.58. The molecule has 3 rings (SSSR count). The van der Waals surface area contributed by atoms with E-state index in [-0.39, 0.29) is 11.9 Å². The van der Waals surface area contributed by atoms with Gasteiger partial charge in [0.1, 0.15) is 5.75 Å². The van der Waals surface area contributed by atoms with Gasteiger partial charge < -0.3 is 9.64 Å². The van der Waals surface area contributed by atoms with Crippen molar-refractivity contribution in [1.29, 1.82) is 0 Å². The van der Waals surface area contributed by atoms with Crippen molar-refractivity contribution >= 4 is 17.2 Å². The lowest BCUT2D eigenvalue weighted by Crippen LogP contribution is -2.45. The van der Waals surface area contributed by atoms with Crippen LogP contribution in [0, 0.1) is 6.92 Å². The highest BCUT2D eigenvalue weighted by molar-refractivity contribution is 7.10. The number of hydrogen-bond donors (Lipinski definition) is 0. The highest BCUT2D eigenvalue weighted by Gasteiger charge is 2.36. The van der Waals surface area contributed by atoms with Crippen molar-refractivity contribution in [3.63, 3.8) is 0 Å². The average molecular weight is 287 g/mol. The molecule has 0 aliphatic carbocycles. The van der Waals surface area contributed by atoms with Crippen LogP contribution < -0.4 is 4.74 Å². The molecule has 2 heterocycles. The molecule has 1 aliphatic rings. The molecule has 1 aliphatic heterocycles. The molecule has 0 bridgehead atoms. The molecule has 1 atom stereocenters. The molecule has 0 N–H and O–H groups in total. The van der Waals surface area contributed by atoms with E-state index in [0.717, 1.165) is 18.5 Å². The molecule has 0 spiro atoms. The molecule has 1 saturated heterocycles. The summed E-state index contributed by atoms with van der Waals surface area (Å²) in [7, 11) is 1.61. The minimum Gasteiger partial charge on any atom is -0.496 e. The Bertz CT molecular complexity index is 621. The third kappa shape index (κ3) is 2.10. The lowest BCUT2D eigenvalue weighted by atomic mass is 9.97. The number of benzene rings is 1. The van der Waals surface area contributed by atoms with Crippen molar-refractivity contribution in [3.05, 3.63) is 51.7 Å². The Balaban J connectivity index is 1.90. The summed E-state index contributed by atoms with van der Waals surface area (Å²) in [4.78, 5) is 16.0. The van der Waals surface area contributed by atoms with E-state index in [2.05, 4.69) is 11.4 Å². The van der Waals surface area contributed by atoms with Crippen LogP contribution in [0.3, 0.4) is 0 Å². The van der Waals surface area contributed by atoms with Crippen LogP contribution in [0.1, 0.15) is 33.3 Å². The zero-order valence-electron chi connectivity index (χ0n) is 11.6. The largest absolute Gasteiger partial charge is 0.496 e. The predicted molar refractivity (Wildman–Crippen MR) is 80.4 cm³/mol. The summed E-state index contributed by atoms with van der Waals surface area (Å²) in [5.41, 5.74) is 1.66. The van der Waals surface area contributed by atoms with E-state index in [1.54, 1.807) is 18.4 Å². The van der Waals surface area contributed by atoms with Crippen LogP contribution in [-0.4, -0.2) is 24.5 Å². The summed E-state index contributed by atoms with van der Waals surface area (Å²) >= 11 is 1.71. The molecule has 1 amide bonds. The van der Waals surface area contributed by atoms with E-state index in [1.807, 2.05) is 36.1 Å². The number of rotatable bonds is 3. The summed E-state index contributed by atoms with van der Waals surface area (Å²) in [5.74, 6) is 0.733. The number of thiophene rings is 1. The number of amides is 1. The Kier molecular flexibility index (Phi) is 3.49. The standard InChI is InChI=1S/C16H17NO2S/c1-11-5-3-6-13(19-2)15(11)16(18)17-9-8-12(17)14-7-4-10-20-14/h3-7,10,12H,8-9H2,1-2H3. The van der Waals surface area contributed by atoms with E-state index in [4.69, 9.17) is 4.74 Å². The van der Waals surface area contributed by atoms with Gasteiger partial charge in [0.2, 0.25) is 0 Å². The lowest BCUT2D eigenvalue weighted by molar-refractivity contribution is 0.0464. The Labute approximate surface area is 122 Å². The van der Waals surface area contributed by atoms with Crippen LogP contribution in [0.25, 0.3) is 0 Å². The Morgan fingerprint density at radius 3 is 2.80 bits per heavy atom. The predicted octanol–water partition coefficient (Wildman–Crippen LogP) is 3.65. The monoisotopic (exact) mass is 287 g/mol. The first kappa shape index (κ1) is 13.2. The topological polar surface area (TPSA) is 29.5 Å². The Morgan fingerprint density at radius 2 is 2.20 bits per heavy atom. The first-order valence-electron chi connectivity index (χ1n) is 6.70. The van der Waals surface area contributed by atoms with Gasteiger partial charge in [0, 0.05) is 11.4 Å². The Hall–Kier alpha value is -1.81. The van der Waals surface area contributed by atoms with Gasteiger partial charge in [0.05, 0.1) is 18.7 Å². The van der Waals surface area contributed by atoms with Crippen molar-refractivity contribution in [3.8, 4) is 5.75 Å². The summed E-state index contributed by atoms with van der Waals surface area (Å²) < 4.78 is 5.35. The Morgan fingerprint density at radius 1 is 1.35 bits per heavy atom. The smallest absolute Gasteiger partial charge is 0.258 e. The second-order valence-electron chi connectivity index (χ2n) is 4.97. The van der Waals surface area contributed by atoms with Crippen LogP contribution in [0.2, 0.25) is 0 Å². The third-order valence-electron chi connectivity index (χ3n) is 3.82. The van der Waals surface area contributed by atoms with Gasteiger partial charge in [0.15, 0.2) is 0 Å². The maximum absolute atomic E-state index is 12.8. The van der Waals surface area contributed by atoms with Gasteiger partial charge in [-0.1, -0.05) is 18.2 Å². The molecular weight excluding hydrogens is 270 g/mol. The second kappa shape index (κ2) is 5.29. The fourth-order valence-corrected chi connectivity index (χ4v) is 3.51. The number of carbonyl (C=O) groups excluding carboxylic acids is 1. The molecule has 4 heteroatoms. The summed E-state index contributed by atoms with van der Waals surface area (Å²) in [6.45, 7) is 2.77.